The van der Waals surface area contributed by atoms with E-state index in [9.17, 15) is 4.79 Å². The Morgan fingerprint density at radius 2 is 2.00 bits per heavy atom. The van der Waals surface area contributed by atoms with Gasteiger partial charge >= 0.3 is 0 Å². The van der Waals surface area contributed by atoms with Gasteiger partial charge in [0.1, 0.15) is 5.82 Å². The number of carbonyl (C=O) groups excluding carboxylic acids is 1. The van der Waals surface area contributed by atoms with Crippen LogP contribution < -0.4 is 5.32 Å². The summed E-state index contributed by atoms with van der Waals surface area (Å²) < 4.78 is 2.16. The summed E-state index contributed by atoms with van der Waals surface area (Å²) in [6, 6.07) is 16.4. The summed E-state index contributed by atoms with van der Waals surface area (Å²) in [7, 11) is 2.07. The Balaban J connectivity index is 1.44. The summed E-state index contributed by atoms with van der Waals surface area (Å²) in [5.41, 5.74) is 4.33. The molecule has 1 saturated carbocycles. The zero-order valence-electron chi connectivity index (χ0n) is 14.5. The van der Waals surface area contributed by atoms with E-state index >= 15 is 0 Å². The van der Waals surface area contributed by atoms with Gasteiger partial charge in [0, 0.05) is 25.1 Å². The molecular weight excluding hydrogens is 310 g/mol. The highest BCUT2D eigenvalue weighted by Crippen LogP contribution is 2.27. The molecule has 1 aliphatic carbocycles. The number of imidazole rings is 1. The second-order valence-corrected chi connectivity index (χ2v) is 6.89. The van der Waals surface area contributed by atoms with Gasteiger partial charge < -0.3 is 9.88 Å². The number of anilines is 1. The van der Waals surface area contributed by atoms with Crippen molar-refractivity contribution in [2.45, 2.75) is 32.1 Å². The highest BCUT2D eigenvalue weighted by Gasteiger charge is 2.25. The van der Waals surface area contributed by atoms with E-state index in [1.807, 2.05) is 24.3 Å². The molecule has 4 nitrogen and oxygen atoms in total. The van der Waals surface area contributed by atoms with Crippen LogP contribution >= 0.6 is 0 Å². The lowest BCUT2D eigenvalue weighted by Crippen LogP contribution is -2.28. The van der Waals surface area contributed by atoms with Crippen molar-refractivity contribution in [3.63, 3.8) is 0 Å². The number of nitrogens with one attached hydrogen (secondary N) is 1. The maximum atomic E-state index is 12.1. The minimum atomic E-state index is 0.166. The van der Waals surface area contributed by atoms with E-state index in [-0.39, 0.29) is 11.8 Å². The average molecular weight is 333 g/mol. The van der Waals surface area contributed by atoms with Crippen molar-refractivity contribution in [1.29, 1.82) is 0 Å². The molecule has 1 N–H and O–H groups in total. The molecule has 0 unspecified atom stereocenters. The zero-order valence-corrected chi connectivity index (χ0v) is 14.5. The molecule has 1 aliphatic rings. The predicted molar refractivity (Wildman–Crippen MR) is 101 cm³/mol. The normalized spacial score (nSPS) is 14.4. The van der Waals surface area contributed by atoms with Gasteiger partial charge in [0.2, 0.25) is 5.91 Å². The van der Waals surface area contributed by atoms with Crippen LogP contribution in [0.4, 0.5) is 5.69 Å². The number of hydrogen-bond acceptors (Lipinski definition) is 2. The third kappa shape index (κ3) is 3.29. The number of nitrogens with zero attached hydrogens (tertiary/aromatic N) is 2. The molecule has 1 fully saturated rings. The Labute approximate surface area is 147 Å². The van der Waals surface area contributed by atoms with Gasteiger partial charge in [-0.1, -0.05) is 30.7 Å². The Bertz CT molecular complexity index is 908. The van der Waals surface area contributed by atoms with E-state index in [0.29, 0.717) is 0 Å². The first kappa shape index (κ1) is 15.9. The lowest BCUT2D eigenvalue weighted by molar-refractivity contribution is -0.122. The topological polar surface area (TPSA) is 46.9 Å². The van der Waals surface area contributed by atoms with Crippen molar-refractivity contribution < 1.29 is 4.79 Å². The van der Waals surface area contributed by atoms with E-state index in [1.165, 1.54) is 17.5 Å². The Morgan fingerprint density at radius 3 is 2.76 bits per heavy atom. The first-order valence-corrected chi connectivity index (χ1v) is 9.01. The Morgan fingerprint density at radius 1 is 1.16 bits per heavy atom. The van der Waals surface area contributed by atoms with Crippen molar-refractivity contribution in [3.8, 4) is 0 Å². The van der Waals surface area contributed by atoms with E-state index in [2.05, 4.69) is 41.2 Å². The summed E-state index contributed by atoms with van der Waals surface area (Å²) >= 11 is 0. The molecule has 0 saturated heterocycles. The van der Waals surface area contributed by atoms with Crippen molar-refractivity contribution >= 4 is 22.6 Å². The molecule has 128 valence electrons. The summed E-state index contributed by atoms with van der Waals surface area (Å²) in [6.45, 7) is 0. The van der Waals surface area contributed by atoms with Gasteiger partial charge in [0.25, 0.3) is 0 Å². The highest BCUT2D eigenvalue weighted by molar-refractivity contribution is 5.93. The molecule has 3 aromatic rings. The average Bonchev–Trinajstić information content (AvgIpc) is 2.88. The van der Waals surface area contributed by atoms with Crippen LogP contribution in [0.5, 0.6) is 0 Å². The number of aromatic nitrogens is 2. The van der Waals surface area contributed by atoms with Gasteiger partial charge in [-0.2, -0.15) is 0 Å². The van der Waals surface area contributed by atoms with Crippen LogP contribution in [-0.4, -0.2) is 15.5 Å². The molecule has 2 aromatic carbocycles. The maximum absolute atomic E-state index is 12.1. The number of rotatable bonds is 5. The number of fused-ring (bicyclic) bond motifs is 1. The van der Waals surface area contributed by atoms with E-state index < -0.39 is 0 Å². The minimum absolute atomic E-state index is 0.166. The number of hydrogen-bond donors (Lipinski definition) is 1. The summed E-state index contributed by atoms with van der Waals surface area (Å²) in [5, 5.41) is 3.06. The van der Waals surface area contributed by atoms with Crippen LogP contribution in [0.2, 0.25) is 0 Å². The van der Waals surface area contributed by atoms with Crippen LogP contribution in [-0.2, 0) is 24.7 Å². The Hall–Kier alpha value is -2.62. The van der Waals surface area contributed by atoms with Crippen LogP contribution in [0.25, 0.3) is 11.0 Å². The molecule has 4 rings (SSSR count). The van der Waals surface area contributed by atoms with Crippen molar-refractivity contribution in [3.05, 3.63) is 59.9 Å². The van der Waals surface area contributed by atoms with Gasteiger partial charge in [0.15, 0.2) is 0 Å². The third-order valence-electron chi connectivity index (χ3n) is 5.19. The zero-order chi connectivity index (χ0) is 17.2. The smallest absolute Gasteiger partial charge is 0.227 e. The Kier molecular flexibility index (Phi) is 4.26. The monoisotopic (exact) mass is 333 g/mol. The van der Waals surface area contributed by atoms with E-state index in [4.69, 9.17) is 4.98 Å². The predicted octanol–water partition coefficient (Wildman–Crippen LogP) is 4.10. The molecular formula is C21H23N3O. The van der Waals surface area contributed by atoms with Gasteiger partial charge in [0.05, 0.1) is 11.0 Å². The van der Waals surface area contributed by atoms with Crippen molar-refractivity contribution in [1.82, 2.24) is 9.55 Å². The van der Waals surface area contributed by atoms with Crippen LogP contribution in [0.3, 0.4) is 0 Å². The number of para-hydroxylation sites is 2. The second-order valence-electron chi connectivity index (χ2n) is 6.89. The fraction of sp³-hybridized carbons (Fsp3) is 0.333. The number of benzene rings is 2. The number of amides is 1. The van der Waals surface area contributed by atoms with Crippen molar-refractivity contribution in [2.75, 3.05) is 5.32 Å². The fourth-order valence-corrected chi connectivity index (χ4v) is 3.39. The molecule has 0 spiro atoms. The molecule has 1 amide bonds. The van der Waals surface area contributed by atoms with Crippen LogP contribution in [0, 0.1) is 5.92 Å². The first-order chi connectivity index (χ1) is 12.2. The third-order valence-corrected chi connectivity index (χ3v) is 5.19. The molecule has 0 radical (unpaired) electrons. The molecule has 1 heterocycles. The lowest BCUT2D eigenvalue weighted by atomic mass is 9.85. The largest absolute Gasteiger partial charge is 0.331 e. The second kappa shape index (κ2) is 6.71. The summed E-state index contributed by atoms with van der Waals surface area (Å²) in [6.07, 6.45) is 5.02. The fourth-order valence-electron chi connectivity index (χ4n) is 3.39. The maximum Gasteiger partial charge on any atom is 0.227 e. The highest BCUT2D eigenvalue weighted by atomic mass is 16.1. The van der Waals surface area contributed by atoms with Crippen LogP contribution in [0.1, 0.15) is 30.7 Å². The summed E-state index contributed by atoms with van der Waals surface area (Å²) in [5.74, 6) is 1.47. The molecule has 1 aromatic heterocycles. The van der Waals surface area contributed by atoms with Crippen LogP contribution in [0.15, 0.2) is 48.5 Å². The van der Waals surface area contributed by atoms with Gasteiger partial charge in [-0.3, -0.25) is 4.79 Å². The summed E-state index contributed by atoms with van der Waals surface area (Å²) in [4.78, 5) is 16.8. The van der Waals surface area contributed by atoms with Gasteiger partial charge in [-0.15, -0.1) is 0 Å². The minimum Gasteiger partial charge on any atom is -0.331 e. The standard InChI is InChI=1S/C21H23N3O/c1-24-19-11-3-2-10-18(19)23-20(24)13-12-15-6-4-9-17(14-15)22-21(25)16-7-5-8-16/h2-4,6,9-11,14,16H,5,7-8,12-13H2,1H3,(H,22,25). The van der Waals surface area contributed by atoms with Gasteiger partial charge in [-0.05, 0) is 49.1 Å². The number of carbonyl (C=O) groups is 1. The number of aryl methyl sites for hydroxylation is 3. The quantitative estimate of drug-likeness (QED) is 0.764. The molecule has 0 bridgehead atoms. The molecule has 4 heteroatoms. The molecule has 0 aliphatic heterocycles. The van der Waals surface area contributed by atoms with E-state index in [0.717, 1.165) is 42.7 Å². The van der Waals surface area contributed by atoms with Gasteiger partial charge in [-0.25, -0.2) is 4.98 Å². The molecule has 0 atom stereocenters. The van der Waals surface area contributed by atoms with Crippen molar-refractivity contribution in [2.24, 2.45) is 13.0 Å². The molecule has 25 heavy (non-hydrogen) atoms. The van der Waals surface area contributed by atoms with E-state index in [1.54, 1.807) is 0 Å². The lowest BCUT2D eigenvalue weighted by Gasteiger charge is -2.24. The first-order valence-electron chi connectivity index (χ1n) is 9.01. The SMILES string of the molecule is Cn1c(CCc2cccc(NC(=O)C3CCC3)c2)nc2ccccc21.